The van der Waals surface area contributed by atoms with Gasteiger partial charge in [0.25, 0.3) is 0 Å². The fourth-order valence-corrected chi connectivity index (χ4v) is 3.09. The molecule has 126 valence electrons. The summed E-state index contributed by atoms with van der Waals surface area (Å²) in [6, 6.07) is 14.2. The minimum Gasteiger partial charge on any atom is -0.353 e. The zero-order valence-corrected chi connectivity index (χ0v) is 14.2. The molecule has 0 radical (unpaired) electrons. The van der Waals surface area contributed by atoms with Crippen LogP contribution >= 0.6 is 0 Å². The number of hydrogen-bond acceptors (Lipinski definition) is 6. The van der Waals surface area contributed by atoms with Gasteiger partial charge in [0.1, 0.15) is 5.82 Å². The summed E-state index contributed by atoms with van der Waals surface area (Å²) in [7, 11) is 0. The van der Waals surface area contributed by atoms with Gasteiger partial charge in [-0.3, -0.25) is 0 Å². The van der Waals surface area contributed by atoms with Gasteiger partial charge < -0.3 is 9.80 Å². The molecule has 1 aliphatic rings. The van der Waals surface area contributed by atoms with Crippen molar-refractivity contribution in [3.63, 3.8) is 0 Å². The van der Waals surface area contributed by atoms with Crippen molar-refractivity contribution in [3.05, 3.63) is 60.4 Å². The third-order valence-corrected chi connectivity index (χ3v) is 4.50. The number of aromatic nitrogens is 4. The van der Waals surface area contributed by atoms with Gasteiger partial charge in [0.2, 0.25) is 5.95 Å². The molecule has 0 amide bonds. The Morgan fingerprint density at radius 2 is 1.64 bits per heavy atom. The molecule has 0 bridgehead atoms. The van der Waals surface area contributed by atoms with E-state index in [1.54, 1.807) is 6.20 Å². The number of rotatable bonds is 3. The van der Waals surface area contributed by atoms with Crippen LogP contribution in [0.4, 0.5) is 11.8 Å². The third-order valence-electron chi connectivity index (χ3n) is 4.50. The van der Waals surface area contributed by atoms with Crippen molar-refractivity contribution >= 4 is 11.8 Å². The Balaban J connectivity index is 1.50. The van der Waals surface area contributed by atoms with Gasteiger partial charge in [0.05, 0.1) is 11.9 Å². The predicted octanol–water partition coefficient (Wildman–Crippen LogP) is 2.57. The second-order valence-electron chi connectivity index (χ2n) is 6.12. The SMILES string of the molecule is Cc1ccccc1-c1cnnc(N2CCN(c3ccccn3)CC2)n1. The molecule has 0 unspecified atom stereocenters. The lowest BCUT2D eigenvalue weighted by molar-refractivity contribution is 0.630. The van der Waals surface area contributed by atoms with Crippen molar-refractivity contribution in [2.24, 2.45) is 0 Å². The van der Waals surface area contributed by atoms with Gasteiger partial charge >= 0.3 is 0 Å². The van der Waals surface area contributed by atoms with Crippen LogP contribution in [0.25, 0.3) is 11.3 Å². The summed E-state index contributed by atoms with van der Waals surface area (Å²) in [5, 5.41) is 8.42. The van der Waals surface area contributed by atoms with Crippen LogP contribution in [0.15, 0.2) is 54.9 Å². The van der Waals surface area contributed by atoms with E-state index in [0.717, 1.165) is 43.3 Å². The lowest BCUT2D eigenvalue weighted by Gasteiger charge is -2.35. The minimum atomic E-state index is 0.696. The summed E-state index contributed by atoms with van der Waals surface area (Å²) in [5.41, 5.74) is 3.16. The number of hydrogen-bond donors (Lipinski definition) is 0. The molecule has 6 heteroatoms. The molecular weight excluding hydrogens is 312 g/mol. The van der Waals surface area contributed by atoms with Gasteiger partial charge in [-0.2, -0.15) is 5.10 Å². The average molecular weight is 332 g/mol. The first-order valence-corrected chi connectivity index (χ1v) is 8.48. The molecular formula is C19H20N6. The molecule has 0 N–H and O–H groups in total. The Labute approximate surface area is 147 Å². The number of aryl methyl sites for hydroxylation is 1. The van der Waals surface area contributed by atoms with Crippen LogP contribution in [0, 0.1) is 6.92 Å². The molecule has 1 aliphatic heterocycles. The zero-order valence-electron chi connectivity index (χ0n) is 14.2. The summed E-state index contributed by atoms with van der Waals surface area (Å²) < 4.78 is 0. The van der Waals surface area contributed by atoms with Gasteiger partial charge in [-0.25, -0.2) is 9.97 Å². The Hall–Kier alpha value is -3.02. The Morgan fingerprint density at radius 3 is 2.40 bits per heavy atom. The predicted molar refractivity (Wildman–Crippen MR) is 98.7 cm³/mol. The summed E-state index contributed by atoms with van der Waals surface area (Å²) in [6.07, 6.45) is 3.57. The van der Waals surface area contributed by atoms with Crippen molar-refractivity contribution in [3.8, 4) is 11.3 Å². The van der Waals surface area contributed by atoms with E-state index in [-0.39, 0.29) is 0 Å². The van der Waals surface area contributed by atoms with Crippen LogP contribution in [0.2, 0.25) is 0 Å². The summed E-state index contributed by atoms with van der Waals surface area (Å²) in [5.74, 6) is 1.72. The molecule has 25 heavy (non-hydrogen) atoms. The summed E-state index contributed by atoms with van der Waals surface area (Å²) >= 11 is 0. The first-order chi connectivity index (χ1) is 12.3. The van der Waals surface area contributed by atoms with E-state index in [9.17, 15) is 0 Å². The monoisotopic (exact) mass is 332 g/mol. The standard InChI is InChI=1S/C19H20N6/c1-15-6-2-3-7-16(15)17-14-21-23-19(22-17)25-12-10-24(11-13-25)18-8-4-5-9-20-18/h2-9,14H,10-13H2,1H3. The minimum absolute atomic E-state index is 0.696. The maximum Gasteiger partial charge on any atom is 0.246 e. The normalized spacial score (nSPS) is 14.6. The highest BCUT2D eigenvalue weighted by Crippen LogP contribution is 2.22. The molecule has 0 aliphatic carbocycles. The quantitative estimate of drug-likeness (QED) is 0.735. The molecule has 3 aromatic rings. The highest BCUT2D eigenvalue weighted by atomic mass is 15.4. The summed E-state index contributed by atoms with van der Waals surface area (Å²) in [6.45, 7) is 5.59. The smallest absolute Gasteiger partial charge is 0.246 e. The molecule has 6 nitrogen and oxygen atoms in total. The van der Waals surface area contributed by atoms with E-state index in [2.05, 4.69) is 44.0 Å². The van der Waals surface area contributed by atoms with Crippen LogP contribution < -0.4 is 9.80 Å². The van der Waals surface area contributed by atoms with Gasteiger partial charge in [0.15, 0.2) is 0 Å². The molecule has 3 heterocycles. The fraction of sp³-hybridized carbons (Fsp3) is 0.263. The average Bonchev–Trinajstić information content (AvgIpc) is 2.69. The van der Waals surface area contributed by atoms with Crippen LogP contribution in [-0.4, -0.2) is 46.3 Å². The van der Waals surface area contributed by atoms with Crippen LogP contribution in [0.5, 0.6) is 0 Å². The van der Waals surface area contributed by atoms with E-state index in [1.807, 2.05) is 36.5 Å². The number of anilines is 2. The lowest BCUT2D eigenvalue weighted by Crippen LogP contribution is -2.47. The second kappa shape index (κ2) is 6.84. The maximum absolute atomic E-state index is 4.74. The van der Waals surface area contributed by atoms with Crippen LogP contribution in [0.1, 0.15) is 5.56 Å². The van der Waals surface area contributed by atoms with Crippen molar-refractivity contribution in [1.29, 1.82) is 0 Å². The van der Waals surface area contributed by atoms with E-state index in [1.165, 1.54) is 5.56 Å². The van der Waals surface area contributed by atoms with E-state index in [0.29, 0.717) is 5.95 Å². The molecule has 1 saturated heterocycles. The Bertz CT molecular complexity index is 843. The molecule has 4 rings (SSSR count). The number of nitrogens with zero attached hydrogens (tertiary/aromatic N) is 6. The zero-order chi connectivity index (χ0) is 17.1. The van der Waals surface area contributed by atoms with Gasteiger partial charge in [0, 0.05) is 37.9 Å². The first-order valence-electron chi connectivity index (χ1n) is 8.48. The van der Waals surface area contributed by atoms with Crippen molar-refractivity contribution in [2.75, 3.05) is 36.0 Å². The molecule has 0 atom stereocenters. The largest absolute Gasteiger partial charge is 0.353 e. The summed E-state index contributed by atoms with van der Waals surface area (Å²) in [4.78, 5) is 13.6. The molecule has 0 spiro atoms. The molecule has 0 saturated carbocycles. The molecule has 2 aromatic heterocycles. The number of piperazine rings is 1. The van der Waals surface area contributed by atoms with E-state index >= 15 is 0 Å². The van der Waals surface area contributed by atoms with E-state index < -0.39 is 0 Å². The highest BCUT2D eigenvalue weighted by Gasteiger charge is 2.20. The van der Waals surface area contributed by atoms with Crippen molar-refractivity contribution in [1.82, 2.24) is 20.2 Å². The fourth-order valence-electron chi connectivity index (χ4n) is 3.09. The Morgan fingerprint density at radius 1 is 0.880 bits per heavy atom. The van der Waals surface area contributed by atoms with Gasteiger partial charge in [-0.05, 0) is 24.6 Å². The topological polar surface area (TPSA) is 58.0 Å². The van der Waals surface area contributed by atoms with Gasteiger partial charge in [-0.15, -0.1) is 5.10 Å². The third kappa shape index (κ3) is 3.28. The number of pyridine rings is 1. The van der Waals surface area contributed by atoms with Crippen LogP contribution in [0.3, 0.4) is 0 Å². The molecule has 1 aromatic carbocycles. The van der Waals surface area contributed by atoms with Crippen molar-refractivity contribution < 1.29 is 0 Å². The molecule has 1 fully saturated rings. The number of benzene rings is 1. The second-order valence-corrected chi connectivity index (χ2v) is 6.12. The highest BCUT2D eigenvalue weighted by molar-refractivity contribution is 5.63. The van der Waals surface area contributed by atoms with E-state index in [4.69, 9.17) is 4.98 Å². The first kappa shape index (κ1) is 15.5. The van der Waals surface area contributed by atoms with Gasteiger partial charge in [-0.1, -0.05) is 30.3 Å². The van der Waals surface area contributed by atoms with Crippen LogP contribution in [-0.2, 0) is 0 Å². The maximum atomic E-state index is 4.74. The Kier molecular flexibility index (Phi) is 4.24. The lowest BCUT2D eigenvalue weighted by atomic mass is 10.1. The van der Waals surface area contributed by atoms with Crippen molar-refractivity contribution in [2.45, 2.75) is 6.92 Å².